The third-order valence-corrected chi connectivity index (χ3v) is 4.89. The third-order valence-electron chi connectivity index (χ3n) is 4.89. The van der Waals surface area contributed by atoms with Crippen molar-refractivity contribution in [3.63, 3.8) is 0 Å². The molecule has 1 aliphatic heterocycles. The number of hydrogen-bond acceptors (Lipinski definition) is 3. The van der Waals surface area contributed by atoms with E-state index in [0.29, 0.717) is 18.4 Å². The van der Waals surface area contributed by atoms with Gasteiger partial charge in [-0.3, -0.25) is 9.59 Å². The highest BCUT2D eigenvalue weighted by Crippen LogP contribution is 2.25. The number of piperidine rings is 1. The number of carbonyl (C=O) groups is 2. The lowest BCUT2D eigenvalue weighted by Gasteiger charge is -2.32. The fourth-order valence-corrected chi connectivity index (χ4v) is 3.43. The summed E-state index contributed by atoms with van der Waals surface area (Å²) in [6.07, 6.45) is 8.72. The summed E-state index contributed by atoms with van der Waals surface area (Å²) in [5.74, 6) is 0.627. The van der Waals surface area contributed by atoms with Crippen LogP contribution in [0.1, 0.15) is 51.4 Å². The molecular formula is C16H29N3O2. The molecule has 1 aliphatic carbocycles. The van der Waals surface area contributed by atoms with Crippen LogP contribution in [-0.4, -0.2) is 49.4 Å². The van der Waals surface area contributed by atoms with Crippen molar-refractivity contribution < 1.29 is 9.59 Å². The predicted octanol–water partition coefficient (Wildman–Crippen LogP) is 1.28. The molecule has 0 aromatic carbocycles. The molecule has 0 aromatic heterocycles. The summed E-state index contributed by atoms with van der Waals surface area (Å²) in [7, 11) is 1.97. The number of nitrogens with zero attached hydrogens (tertiary/aromatic N) is 1. The van der Waals surface area contributed by atoms with E-state index in [2.05, 4.69) is 10.6 Å². The van der Waals surface area contributed by atoms with Gasteiger partial charge in [-0.05, 0) is 38.6 Å². The molecule has 1 saturated carbocycles. The van der Waals surface area contributed by atoms with Crippen molar-refractivity contribution in [1.29, 1.82) is 0 Å². The van der Waals surface area contributed by atoms with Crippen LogP contribution < -0.4 is 10.6 Å². The molecule has 21 heavy (non-hydrogen) atoms. The van der Waals surface area contributed by atoms with E-state index in [-0.39, 0.29) is 18.4 Å². The van der Waals surface area contributed by atoms with Gasteiger partial charge in [0, 0.05) is 25.6 Å². The zero-order valence-electron chi connectivity index (χ0n) is 13.2. The summed E-state index contributed by atoms with van der Waals surface area (Å²) in [4.78, 5) is 25.9. The first-order valence-electron chi connectivity index (χ1n) is 8.40. The van der Waals surface area contributed by atoms with Crippen molar-refractivity contribution in [2.75, 3.05) is 26.7 Å². The van der Waals surface area contributed by atoms with Crippen molar-refractivity contribution in [2.24, 2.45) is 5.92 Å². The van der Waals surface area contributed by atoms with Crippen LogP contribution in [0.4, 0.5) is 0 Å². The molecule has 5 nitrogen and oxygen atoms in total. The van der Waals surface area contributed by atoms with Gasteiger partial charge in [0.15, 0.2) is 0 Å². The Hall–Kier alpha value is -1.10. The minimum Gasteiger partial charge on any atom is -0.347 e. The molecule has 2 aliphatic rings. The highest BCUT2D eigenvalue weighted by atomic mass is 16.2. The number of hydrogen-bond donors (Lipinski definition) is 2. The van der Waals surface area contributed by atoms with Gasteiger partial charge in [0.1, 0.15) is 0 Å². The van der Waals surface area contributed by atoms with E-state index < -0.39 is 0 Å². The lowest BCUT2D eigenvalue weighted by atomic mass is 9.87. The second-order valence-electron chi connectivity index (χ2n) is 6.43. The van der Waals surface area contributed by atoms with Crippen molar-refractivity contribution in [2.45, 2.75) is 57.4 Å². The molecule has 0 aromatic rings. The van der Waals surface area contributed by atoms with Gasteiger partial charge in [0.2, 0.25) is 11.8 Å². The van der Waals surface area contributed by atoms with E-state index in [1.54, 1.807) is 0 Å². The van der Waals surface area contributed by atoms with Gasteiger partial charge in [0.25, 0.3) is 0 Å². The zero-order valence-corrected chi connectivity index (χ0v) is 13.2. The third kappa shape index (κ3) is 5.30. The van der Waals surface area contributed by atoms with Gasteiger partial charge in [-0.1, -0.05) is 19.3 Å². The maximum Gasteiger partial charge on any atom is 0.241 e. The lowest BCUT2D eigenvalue weighted by Crippen LogP contribution is -2.47. The molecule has 5 heteroatoms. The molecule has 2 rings (SSSR count). The summed E-state index contributed by atoms with van der Waals surface area (Å²) < 4.78 is 0. The average molecular weight is 295 g/mol. The van der Waals surface area contributed by atoms with Gasteiger partial charge in [-0.25, -0.2) is 0 Å². The maximum atomic E-state index is 12.1. The van der Waals surface area contributed by atoms with E-state index in [9.17, 15) is 9.59 Å². The molecule has 1 saturated heterocycles. The second-order valence-corrected chi connectivity index (χ2v) is 6.43. The van der Waals surface area contributed by atoms with Crippen LogP contribution in [0.15, 0.2) is 0 Å². The van der Waals surface area contributed by atoms with Crippen LogP contribution in [0.2, 0.25) is 0 Å². The van der Waals surface area contributed by atoms with E-state index in [1.807, 2.05) is 11.9 Å². The first kappa shape index (κ1) is 16.3. The Balaban J connectivity index is 1.63. The van der Waals surface area contributed by atoms with Crippen LogP contribution in [-0.2, 0) is 9.59 Å². The van der Waals surface area contributed by atoms with E-state index in [0.717, 1.165) is 25.9 Å². The highest BCUT2D eigenvalue weighted by molar-refractivity contribution is 5.84. The highest BCUT2D eigenvalue weighted by Gasteiger charge is 2.22. The molecule has 0 atom stereocenters. The molecule has 120 valence electrons. The SMILES string of the molecule is CNC1CCN(C(=O)CNC(=O)CC2CCCCC2)CC1. The topological polar surface area (TPSA) is 61.4 Å². The first-order chi connectivity index (χ1) is 10.2. The molecule has 2 N–H and O–H groups in total. The fraction of sp³-hybridized carbons (Fsp3) is 0.875. The largest absolute Gasteiger partial charge is 0.347 e. The predicted molar refractivity (Wildman–Crippen MR) is 82.9 cm³/mol. The Morgan fingerprint density at radius 3 is 2.33 bits per heavy atom. The fourth-order valence-electron chi connectivity index (χ4n) is 3.43. The number of likely N-dealkylation sites (tertiary alicyclic amines) is 1. The standard InChI is InChI=1S/C16H29N3O2/c1-17-14-7-9-19(10-8-14)16(21)12-18-15(20)11-13-5-3-2-4-6-13/h13-14,17H,2-12H2,1H3,(H,18,20). The van der Waals surface area contributed by atoms with Crippen molar-refractivity contribution in [3.8, 4) is 0 Å². The zero-order chi connectivity index (χ0) is 15.1. The van der Waals surface area contributed by atoms with Crippen molar-refractivity contribution >= 4 is 11.8 Å². The lowest BCUT2D eigenvalue weighted by molar-refractivity contribution is -0.134. The van der Waals surface area contributed by atoms with E-state index >= 15 is 0 Å². The number of rotatable bonds is 5. The molecule has 0 radical (unpaired) electrons. The minimum atomic E-state index is 0.0420. The van der Waals surface area contributed by atoms with E-state index in [4.69, 9.17) is 0 Å². The molecule has 1 heterocycles. The van der Waals surface area contributed by atoms with Gasteiger partial charge < -0.3 is 15.5 Å². The molecule has 0 spiro atoms. The quantitative estimate of drug-likeness (QED) is 0.803. The molecule has 2 amide bonds. The Kier molecular flexibility index (Phi) is 6.49. The van der Waals surface area contributed by atoms with Crippen LogP contribution in [0.5, 0.6) is 0 Å². The first-order valence-corrected chi connectivity index (χ1v) is 8.40. The average Bonchev–Trinajstić information content (AvgIpc) is 2.53. The minimum absolute atomic E-state index is 0.0420. The molecule has 0 bridgehead atoms. The summed E-state index contributed by atoms with van der Waals surface area (Å²) in [5.41, 5.74) is 0. The Labute approximate surface area is 127 Å². The Bertz CT molecular complexity index is 345. The van der Waals surface area contributed by atoms with Gasteiger partial charge >= 0.3 is 0 Å². The summed E-state index contributed by atoms with van der Waals surface area (Å²) in [5, 5.41) is 6.06. The van der Waals surface area contributed by atoms with Gasteiger partial charge in [-0.15, -0.1) is 0 Å². The number of nitrogens with one attached hydrogen (secondary N) is 2. The monoisotopic (exact) mass is 295 g/mol. The second kappa shape index (κ2) is 8.37. The molecule has 0 unspecified atom stereocenters. The van der Waals surface area contributed by atoms with Crippen LogP contribution in [0, 0.1) is 5.92 Å². The summed E-state index contributed by atoms with van der Waals surface area (Å²) >= 11 is 0. The van der Waals surface area contributed by atoms with Crippen LogP contribution in [0.3, 0.4) is 0 Å². The van der Waals surface area contributed by atoms with E-state index in [1.165, 1.54) is 32.1 Å². The van der Waals surface area contributed by atoms with Crippen LogP contribution in [0.25, 0.3) is 0 Å². The van der Waals surface area contributed by atoms with Crippen molar-refractivity contribution in [3.05, 3.63) is 0 Å². The normalized spacial score (nSPS) is 21.3. The Morgan fingerprint density at radius 1 is 1.05 bits per heavy atom. The number of amides is 2. The maximum absolute atomic E-state index is 12.1. The summed E-state index contributed by atoms with van der Waals surface area (Å²) in [6.45, 7) is 1.75. The smallest absolute Gasteiger partial charge is 0.241 e. The number of carbonyl (C=O) groups excluding carboxylic acids is 2. The van der Waals surface area contributed by atoms with Gasteiger partial charge in [0.05, 0.1) is 6.54 Å². The van der Waals surface area contributed by atoms with Crippen LogP contribution >= 0.6 is 0 Å². The summed E-state index contributed by atoms with van der Waals surface area (Å²) in [6, 6.07) is 0.523. The van der Waals surface area contributed by atoms with Gasteiger partial charge in [-0.2, -0.15) is 0 Å². The van der Waals surface area contributed by atoms with Crippen molar-refractivity contribution in [1.82, 2.24) is 15.5 Å². The Morgan fingerprint density at radius 2 is 1.71 bits per heavy atom. The molecular weight excluding hydrogens is 266 g/mol. The molecule has 2 fully saturated rings.